The maximum atomic E-state index is 12.7. The van der Waals surface area contributed by atoms with Crippen molar-refractivity contribution < 1.29 is 24.2 Å². The third-order valence-electron chi connectivity index (χ3n) is 4.28. The number of amides is 1. The van der Waals surface area contributed by atoms with E-state index in [9.17, 15) is 14.7 Å². The molecule has 0 aromatic rings. The molecule has 0 radical (unpaired) electrons. The summed E-state index contributed by atoms with van der Waals surface area (Å²) in [6, 6.07) is -0.904. The summed E-state index contributed by atoms with van der Waals surface area (Å²) in [5.74, 6) is -0.357. The standard InChI is InChI=1S/C20H33NO5/c1-8-10-20(11-9-2)12-15(16(22)25-13-14(3)4)21(17(20)23)18(24)26-19(5,6)7/h8-9,14-15,17,23H,1-2,10-13H2,3-7H3. The third kappa shape index (κ3) is 5.34. The Morgan fingerprint density at radius 2 is 1.81 bits per heavy atom. The van der Waals surface area contributed by atoms with Crippen molar-refractivity contribution in [3.63, 3.8) is 0 Å². The number of ether oxygens (including phenoxy) is 2. The Balaban J connectivity index is 3.19. The number of likely N-dealkylation sites (tertiary alicyclic amines) is 1. The van der Waals surface area contributed by atoms with Crippen LogP contribution < -0.4 is 0 Å². The van der Waals surface area contributed by atoms with E-state index in [0.717, 1.165) is 4.90 Å². The molecule has 0 aromatic carbocycles. The third-order valence-corrected chi connectivity index (χ3v) is 4.28. The quantitative estimate of drug-likeness (QED) is 0.549. The molecule has 1 fully saturated rings. The van der Waals surface area contributed by atoms with Crippen LogP contribution >= 0.6 is 0 Å². The van der Waals surface area contributed by atoms with Crippen LogP contribution in [-0.4, -0.2) is 46.5 Å². The highest BCUT2D eigenvalue weighted by Crippen LogP contribution is 2.46. The lowest BCUT2D eigenvalue weighted by Gasteiger charge is -2.34. The number of nitrogens with zero attached hydrogens (tertiary/aromatic N) is 1. The fourth-order valence-electron chi connectivity index (χ4n) is 3.17. The summed E-state index contributed by atoms with van der Waals surface area (Å²) in [7, 11) is 0. The summed E-state index contributed by atoms with van der Waals surface area (Å²) < 4.78 is 10.8. The van der Waals surface area contributed by atoms with E-state index in [2.05, 4.69) is 13.2 Å². The first kappa shape index (κ1) is 22.2. The average molecular weight is 367 g/mol. The van der Waals surface area contributed by atoms with Gasteiger partial charge in [0.25, 0.3) is 0 Å². The highest BCUT2D eigenvalue weighted by atomic mass is 16.6. The first-order chi connectivity index (χ1) is 12.0. The number of aliphatic hydroxyl groups excluding tert-OH is 1. The maximum Gasteiger partial charge on any atom is 0.413 e. The number of esters is 1. The normalized spacial score (nSPS) is 22.2. The van der Waals surface area contributed by atoms with Crippen LogP contribution in [0.5, 0.6) is 0 Å². The van der Waals surface area contributed by atoms with Gasteiger partial charge in [-0.05, 0) is 46.0 Å². The Morgan fingerprint density at radius 1 is 1.27 bits per heavy atom. The van der Waals surface area contributed by atoms with E-state index in [1.54, 1.807) is 32.9 Å². The van der Waals surface area contributed by atoms with E-state index in [-0.39, 0.29) is 18.9 Å². The van der Waals surface area contributed by atoms with E-state index in [4.69, 9.17) is 9.47 Å². The number of allylic oxidation sites excluding steroid dienone is 2. The molecule has 2 atom stereocenters. The van der Waals surface area contributed by atoms with Gasteiger partial charge in [-0.25, -0.2) is 9.59 Å². The monoisotopic (exact) mass is 367 g/mol. The molecule has 0 aliphatic carbocycles. The van der Waals surface area contributed by atoms with E-state index < -0.39 is 35.3 Å². The van der Waals surface area contributed by atoms with Crippen molar-refractivity contribution in [2.45, 2.75) is 71.8 Å². The maximum absolute atomic E-state index is 12.7. The van der Waals surface area contributed by atoms with Crippen LogP contribution in [0, 0.1) is 11.3 Å². The number of carbonyl (C=O) groups excluding carboxylic acids is 2. The Morgan fingerprint density at radius 3 is 2.23 bits per heavy atom. The summed E-state index contributed by atoms with van der Waals surface area (Å²) in [5.41, 5.74) is -1.48. The second-order valence-electron chi connectivity index (χ2n) is 8.35. The zero-order valence-corrected chi connectivity index (χ0v) is 16.7. The van der Waals surface area contributed by atoms with Gasteiger partial charge in [0.1, 0.15) is 17.9 Å². The average Bonchev–Trinajstić information content (AvgIpc) is 2.77. The first-order valence-corrected chi connectivity index (χ1v) is 9.05. The molecule has 1 heterocycles. The second-order valence-corrected chi connectivity index (χ2v) is 8.35. The number of hydrogen-bond acceptors (Lipinski definition) is 5. The predicted octanol–water partition coefficient (Wildman–Crippen LogP) is 3.65. The number of hydrogen-bond donors (Lipinski definition) is 1. The van der Waals surface area contributed by atoms with Gasteiger partial charge in [-0.2, -0.15) is 0 Å². The molecule has 26 heavy (non-hydrogen) atoms. The van der Waals surface area contributed by atoms with Gasteiger partial charge in [-0.3, -0.25) is 4.90 Å². The van der Waals surface area contributed by atoms with Gasteiger partial charge in [-0.1, -0.05) is 26.0 Å². The lowest BCUT2D eigenvalue weighted by molar-refractivity contribution is -0.152. The van der Waals surface area contributed by atoms with Crippen molar-refractivity contribution in [3.8, 4) is 0 Å². The smallest absolute Gasteiger partial charge is 0.413 e. The number of rotatable bonds is 7. The molecule has 1 aliphatic rings. The number of aliphatic hydroxyl groups is 1. The van der Waals surface area contributed by atoms with Gasteiger partial charge in [0.2, 0.25) is 0 Å². The number of carbonyl (C=O) groups is 2. The van der Waals surface area contributed by atoms with Crippen LogP contribution in [0.15, 0.2) is 25.3 Å². The van der Waals surface area contributed by atoms with Gasteiger partial charge in [0.05, 0.1) is 6.61 Å². The molecule has 2 unspecified atom stereocenters. The Labute approximate surface area is 156 Å². The summed E-state index contributed by atoms with van der Waals surface area (Å²) in [6.07, 6.45) is 2.59. The first-order valence-electron chi connectivity index (χ1n) is 9.05. The topological polar surface area (TPSA) is 76.1 Å². The molecule has 1 N–H and O–H groups in total. The Bertz CT molecular complexity index is 525. The zero-order chi connectivity index (χ0) is 20.1. The van der Waals surface area contributed by atoms with Crippen molar-refractivity contribution >= 4 is 12.1 Å². The van der Waals surface area contributed by atoms with E-state index in [1.165, 1.54) is 0 Å². The van der Waals surface area contributed by atoms with Crippen LogP contribution in [0.1, 0.15) is 53.9 Å². The minimum absolute atomic E-state index is 0.173. The van der Waals surface area contributed by atoms with E-state index >= 15 is 0 Å². The molecule has 0 aromatic heterocycles. The van der Waals surface area contributed by atoms with Crippen molar-refractivity contribution in [3.05, 3.63) is 25.3 Å². The molecule has 148 valence electrons. The molecular weight excluding hydrogens is 334 g/mol. The van der Waals surface area contributed by atoms with E-state index in [0.29, 0.717) is 12.8 Å². The molecule has 0 bridgehead atoms. The lowest BCUT2D eigenvalue weighted by Crippen LogP contribution is -2.49. The zero-order valence-electron chi connectivity index (χ0n) is 16.7. The van der Waals surface area contributed by atoms with Gasteiger partial charge in [0, 0.05) is 5.41 Å². The van der Waals surface area contributed by atoms with Gasteiger partial charge >= 0.3 is 12.1 Å². The molecule has 1 amide bonds. The van der Waals surface area contributed by atoms with Crippen molar-refractivity contribution in [1.82, 2.24) is 4.90 Å². The van der Waals surface area contributed by atoms with Crippen LogP contribution in [-0.2, 0) is 14.3 Å². The van der Waals surface area contributed by atoms with E-state index in [1.807, 2.05) is 13.8 Å². The largest absolute Gasteiger partial charge is 0.464 e. The minimum atomic E-state index is -1.19. The molecule has 0 saturated carbocycles. The SMILES string of the molecule is C=CCC1(CC=C)CC(C(=O)OCC(C)C)N(C(=O)OC(C)(C)C)C1O. The fourth-order valence-corrected chi connectivity index (χ4v) is 3.17. The molecule has 0 spiro atoms. The second kappa shape index (κ2) is 8.71. The van der Waals surface area contributed by atoms with Crippen LogP contribution in [0.2, 0.25) is 0 Å². The molecule has 1 saturated heterocycles. The summed E-state index contributed by atoms with van der Waals surface area (Å²) in [6.45, 7) is 16.8. The highest BCUT2D eigenvalue weighted by Gasteiger charge is 2.56. The molecule has 6 heteroatoms. The van der Waals surface area contributed by atoms with Crippen molar-refractivity contribution in [1.29, 1.82) is 0 Å². The molecule has 6 nitrogen and oxygen atoms in total. The molecule has 1 rings (SSSR count). The van der Waals surface area contributed by atoms with Crippen LogP contribution in [0.4, 0.5) is 4.79 Å². The van der Waals surface area contributed by atoms with Crippen molar-refractivity contribution in [2.24, 2.45) is 11.3 Å². The Hall–Kier alpha value is -1.82. The fraction of sp³-hybridized carbons (Fsp3) is 0.700. The molecule has 1 aliphatic heterocycles. The van der Waals surface area contributed by atoms with Gasteiger partial charge < -0.3 is 14.6 Å². The molecular formula is C20H33NO5. The summed E-state index contributed by atoms with van der Waals surface area (Å²) in [5, 5.41) is 10.9. The summed E-state index contributed by atoms with van der Waals surface area (Å²) in [4.78, 5) is 26.5. The van der Waals surface area contributed by atoms with Gasteiger partial charge in [0.15, 0.2) is 0 Å². The predicted molar refractivity (Wildman–Crippen MR) is 100 cm³/mol. The Kier molecular flexibility index (Phi) is 7.45. The van der Waals surface area contributed by atoms with Gasteiger partial charge in [-0.15, -0.1) is 13.2 Å². The lowest BCUT2D eigenvalue weighted by atomic mass is 9.77. The highest BCUT2D eigenvalue weighted by molar-refractivity contribution is 5.82. The van der Waals surface area contributed by atoms with Crippen molar-refractivity contribution in [2.75, 3.05) is 6.61 Å². The minimum Gasteiger partial charge on any atom is -0.464 e. The summed E-state index contributed by atoms with van der Waals surface area (Å²) >= 11 is 0. The van der Waals surface area contributed by atoms with Crippen LogP contribution in [0.3, 0.4) is 0 Å². The van der Waals surface area contributed by atoms with Crippen LogP contribution in [0.25, 0.3) is 0 Å².